The van der Waals surface area contributed by atoms with E-state index in [1.54, 1.807) is 7.11 Å². The highest BCUT2D eigenvalue weighted by molar-refractivity contribution is 6.76. The molecule has 0 spiro atoms. The van der Waals surface area contributed by atoms with E-state index >= 15 is 0 Å². The minimum atomic E-state index is -0.803. The molecule has 0 aromatic heterocycles. The van der Waals surface area contributed by atoms with E-state index in [1.165, 1.54) is 6.04 Å². The first-order valence-corrected chi connectivity index (χ1v) is 6.76. The molecule has 0 saturated heterocycles. The van der Waals surface area contributed by atoms with Crippen molar-refractivity contribution >= 4 is 20.5 Å². The second-order valence-electron chi connectivity index (χ2n) is 3.30. The SMILES string of the molecule is COCC[Si](C)(C)C.Cl. The summed E-state index contributed by atoms with van der Waals surface area (Å²) in [7, 11) is 0.961. The van der Waals surface area contributed by atoms with E-state index in [1.807, 2.05) is 0 Å². The zero-order chi connectivity index (χ0) is 6.62. The van der Waals surface area contributed by atoms with Crippen LogP contribution in [-0.2, 0) is 4.74 Å². The summed E-state index contributed by atoms with van der Waals surface area (Å²) in [6.07, 6.45) is 0. The number of hydrogen-bond acceptors (Lipinski definition) is 1. The summed E-state index contributed by atoms with van der Waals surface area (Å²) in [5, 5.41) is 0. The maximum Gasteiger partial charge on any atom is 0.0466 e. The molecule has 0 aliphatic heterocycles. The van der Waals surface area contributed by atoms with E-state index in [-0.39, 0.29) is 12.4 Å². The highest BCUT2D eigenvalue weighted by atomic mass is 35.5. The summed E-state index contributed by atoms with van der Waals surface area (Å²) in [6.45, 7) is 8.00. The Kier molecular flexibility index (Phi) is 7.12. The number of halogens is 1. The molecule has 3 heteroatoms. The fourth-order valence-corrected chi connectivity index (χ4v) is 1.22. The van der Waals surface area contributed by atoms with Crippen LogP contribution < -0.4 is 0 Å². The van der Waals surface area contributed by atoms with Crippen LogP contribution in [0.5, 0.6) is 0 Å². The van der Waals surface area contributed by atoms with E-state index in [2.05, 4.69) is 19.6 Å². The largest absolute Gasteiger partial charge is 0.385 e. The van der Waals surface area contributed by atoms with Crippen molar-refractivity contribution in [1.82, 2.24) is 0 Å². The molecule has 0 N–H and O–H groups in total. The quantitative estimate of drug-likeness (QED) is 0.589. The fourth-order valence-electron chi connectivity index (χ4n) is 0.408. The Labute approximate surface area is 65.2 Å². The molecule has 0 aromatic rings. The fraction of sp³-hybridized carbons (Fsp3) is 1.00. The topological polar surface area (TPSA) is 9.23 Å². The lowest BCUT2D eigenvalue weighted by atomic mass is 10.9. The van der Waals surface area contributed by atoms with Crippen molar-refractivity contribution in [3.05, 3.63) is 0 Å². The summed E-state index contributed by atoms with van der Waals surface area (Å²) in [5.74, 6) is 0. The zero-order valence-electron chi connectivity index (χ0n) is 6.73. The number of ether oxygens (including phenoxy) is 1. The Balaban J connectivity index is 0. The van der Waals surface area contributed by atoms with Gasteiger partial charge in [0.15, 0.2) is 0 Å². The van der Waals surface area contributed by atoms with Crippen molar-refractivity contribution < 1.29 is 4.74 Å². The number of rotatable bonds is 3. The molecular formula is C6H17ClOSi. The van der Waals surface area contributed by atoms with Crippen molar-refractivity contribution in [3.63, 3.8) is 0 Å². The molecule has 0 aliphatic carbocycles. The van der Waals surface area contributed by atoms with Crippen molar-refractivity contribution in [2.24, 2.45) is 0 Å². The van der Waals surface area contributed by atoms with Crippen LogP contribution in [0.4, 0.5) is 0 Å². The van der Waals surface area contributed by atoms with E-state index in [0.717, 1.165) is 6.61 Å². The van der Waals surface area contributed by atoms with Gasteiger partial charge in [0.1, 0.15) is 0 Å². The third kappa shape index (κ3) is 11.8. The van der Waals surface area contributed by atoms with Gasteiger partial charge >= 0.3 is 0 Å². The Morgan fingerprint density at radius 2 is 1.67 bits per heavy atom. The lowest BCUT2D eigenvalue weighted by molar-refractivity contribution is 0.214. The monoisotopic (exact) mass is 168 g/mol. The van der Waals surface area contributed by atoms with Gasteiger partial charge in [0, 0.05) is 21.8 Å². The molecule has 0 unspecified atom stereocenters. The minimum Gasteiger partial charge on any atom is -0.385 e. The zero-order valence-corrected chi connectivity index (χ0v) is 8.55. The van der Waals surface area contributed by atoms with Crippen LogP contribution >= 0.6 is 12.4 Å². The molecule has 0 aromatic carbocycles. The summed E-state index contributed by atoms with van der Waals surface area (Å²) in [4.78, 5) is 0. The molecule has 58 valence electrons. The molecule has 0 heterocycles. The molecular weight excluding hydrogens is 152 g/mol. The third-order valence-electron chi connectivity index (χ3n) is 1.06. The Morgan fingerprint density at radius 1 is 1.22 bits per heavy atom. The highest BCUT2D eigenvalue weighted by Gasteiger charge is 2.10. The van der Waals surface area contributed by atoms with Crippen LogP contribution in [0.3, 0.4) is 0 Å². The molecule has 0 fully saturated rings. The van der Waals surface area contributed by atoms with Gasteiger partial charge in [0.05, 0.1) is 0 Å². The van der Waals surface area contributed by atoms with E-state index in [9.17, 15) is 0 Å². The molecule has 0 rings (SSSR count). The first kappa shape index (κ1) is 12.2. The van der Waals surface area contributed by atoms with Crippen LogP contribution in [0.1, 0.15) is 0 Å². The molecule has 0 bridgehead atoms. The first-order chi connectivity index (χ1) is 3.56. The predicted octanol–water partition coefficient (Wildman–Crippen LogP) is 2.39. The summed E-state index contributed by atoms with van der Waals surface area (Å²) < 4.78 is 4.95. The molecule has 9 heavy (non-hydrogen) atoms. The normalized spacial score (nSPS) is 10.7. The van der Waals surface area contributed by atoms with E-state index in [0.29, 0.717) is 0 Å². The third-order valence-corrected chi connectivity index (χ3v) is 2.76. The van der Waals surface area contributed by atoms with E-state index < -0.39 is 8.07 Å². The molecule has 0 amide bonds. The van der Waals surface area contributed by atoms with Crippen molar-refractivity contribution in [1.29, 1.82) is 0 Å². The van der Waals surface area contributed by atoms with Gasteiger partial charge in [0.25, 0.3) is 0 Å². The van der Waals surface area contributed by atoms with Crippen LogP contribution in [0.2, 0.25) is 25.7 Å². The average Bonchev–Trinajstić information content (AvgIpc) is 1.59. The van der Waals surface area contributed by atoms with Crippen molar-refractivity contribution in [2.75, 3.05) is 13.7 Å². The molecule has 0 saturated carbocycles. The minimum absolute atomic E-state index is 0. The van der Waals surface area contributed by atoms with Crippen LogP contribution in [0.25, 0.3) is 0 Å². The lowest BCUT2D eigenvalue weighted by Gasteiger charge is -2.13. The average molecular weight is 169 g/mol. The molecule has 0 radical (unpaired) electrons. The molecule has 0 atom stereocenters. The van der Waals surface area contributed by atoms with Gasteiger partial charge in [-0.3, -0.25) is 0 Å². The summed E-state index contributed by atoms with van der Waals surface area (Å²) >= 11 is 0. The van der Waals surface area contributed by atoms with Gasteiger partial charge in [-0.25, -0.2) is 0 Å². The highest BCUT2D eigenvalue weighted by Crippen LogP contribution is 2.06. The Bertz CT molecular complexity index is 60.6. The van der Waals surface area contributed by atoms with Gasteiger partial charge < -0.3 is 4.74 Å². The maximum atomic E-state index is 4.95. The second kappa shape index (κ2) is 5.27. The van der Waals surface area contributed by atoms with Crippen molar-refractivity contribution in [2.45, 2.75) is 25.7 Å². The molecule has 1 nitrogen and oxygen atoms in total. The maximum absolute atomic E-state index is 4.95. The van der Waals surface area contributed by atoms with Crippen molar-refractivity contribution in [3.8, 4) is 0 Å². The second-order valence-corrected chi connectivity index (χ2v) is 8.92. The predicted molar refractivity (Wildman–Crippen MR) is 47.3 cm³/mol. The van der Waals surface area contributed by atoms with Gasteiger partial charge in [-0.1, -0.05) is 19.6 Å². The van der Waals surface area contributed by atoms with Crippen LogP contribution in [-0.4, -0.2) is 21.8 Å². The Morgan fingerprint density at radius 3 is 1.78 bits per heavy atom. The van der Waals surface area contributed by atoms with Gasteiger partial charge in [0.2, 0.25) is 0 Å². The smallest absolute Gasteiger partial charge is 0.0466 e. The number of methoxy groups -OCH3 is 1. The van der Waals surface area contributed by atoms with Gasteiger partial charge in [-0.05, 0) is 6.04 Å². The summed E-state index contributed by atoms with van der Waals surface area (Å²) in [6, 6.07) is 1.28. The molecule has 0 aliphatic rings. The first-order valence-electron chi connectivity index (χ1n) is 3.05. The van der Waals surface area contributed by atoms with Crippen LogP contribution in [0.15, 0.2) is 0 Å². The Hall–Kier alpha value is 0.467. The van der Waals surface area contributed by atoms with E-state index in [4.69, 9.17) is 4.74 Å². The van der Waals surface area contributed by atoms with Crippen LogP contribution in [0, 0.1) is 0 Å². The standard InChI is InChI=1S/C6H16OSi.ClH/c1-7-5-6-8(2,3)4;/h5-6H2,1-4H3;1H. The summed E-state index contributed by atoms with van der Waals surface area (Å²) in [5.41, 5.74) is 0. The lowest BCUT2D eigenvalue weighted by Crippen LogP contribution is -2.21. The van der Waals surface area contributed by atoms with Gasteiger partial charge in [-0.2, -0.15) is 0 Å². The van der Waals surface area contributed by atoms with Gasteiger partial charge in [-0.15, -0.1) is 12.4 Å². The number of hydrogen-bond donors (Lipinski definition) is 0.